The van der Waals surface area contributed by atoms with Crippen molar-refractivity contribution in [1.29, 1.82) is 0 Å². The third-order valence-corrected chi connectivity index (χ3v) is 3.20. The Morgan fingerprint density at radius 2 is 2.05 bits per heavy atom. The molecule has 0 saturated heterocycles. The molecule has 2 rings (SSSR count). The Balaban J connectivity index is 2.08. The molecule has 0 amide bonds. The summed E-state index contributed by atoms with van der Waals surface area (Å²) in [6.07, 6.45) is 4.62. The largest absolute Gasteiger partial charge is 0.464 e. The number of nitrogens with one attached hydrogen (secondary N) is 1. The number of nitrogens with zero attached hydrogens (tertiary/aromatic N) is 3. The van der Waals surface area contributed by atoms with Gasteiger partial charge in [0.05, 0.1) is 18.8 Å². The summed E-state index contributed by atoms with van der Waals surface area (Å²) in [6, 6.07) is 0.166. The van der Waals surface area contributed by atoms with Crippen LogP contribution < -0.4 is 15.8 Å². The second kappa shape index (κ2) is 6.51. The van der Waals surface area contributed by atoms with Crippen LogP contribution in [0.2, 0.25) is 0 Å². The molecule has 1 aliphatic rings. The molecule has 1 aliphatic carbocycles. The van der Waals surface area contributed by atoms with Gasteiger partial charge in [-0.15, -0.1) is 0 Å². The maximum Gasteiger partial charge on any atom is 0.323 e. The molecule has 1 aromatic rings. The first-order chi connectivity index (χ1) is 9.19. The molecule has 0 aliphatic heterocycles. The average Bonchev–Trinajstić information content (AvgIpc) is 2.55. The first kappa shape index (κ1) is 13.8. The summed E-state index contributed by atoms with van der Waals surface area (Å²) in [5, 5.41) is 13.2. The van der Waals surface area contributed by atoms with Crippen LogP contribution >= 0.6 is 0 Å². The fourth-order valence-electron chi connectivity index (χ4n) is 2.25. The average molecular weight is 267 g/mol. The van der Waals surface area contributed by atoms with Crippen LogP contribution in [0.1, 0.15) is 39.0 Å². The molecule has 0 radical (unpaired) electrons. The molecular weight excluding hydrogens is 246 g/mol. The Kier molecular flexibility index (Phi) is 4.73. The monoisotopic (exact) mass is 267 g/mol. The smallest absolute Gasteiger partial charge is 0.323 e. The van der Waals surface area contributed by atoms with Crippen molar-refractivity contribution in [3.05, 3.63) is 0 Å². The lowest BCUT2D eigenvalue weighted by Crippen LogP contribution is -2.33. The van der Waals surface area contributed by atoms with Crippen molar-refractivity contribution in [3.63, 3.8) is 0 Å². The van der Waals surface area contributed by atoms with E-state index in [9.17, 15) is 5.11 Å². The van der Waals surface area contributed by atoms with Crippen molar-refractivity contribution in [2.24, 2.45) is 0 Å². The highest BCUT2D eigenvalue weighted by Crippen LogP contribution is 2.21. The van der Waals surface area contributed by atoms with Crippen molar-refractivity contribution >= 4 is 11.9 Å². The summed E-state index contributed by atoms with van der Waals surface area (Å²) in [4.78, 5) is 12.0. The number of anilines is 2. The molecule has 4 N–H and O–H groups in total. The lowest BCUT2D eigenvalue weighted by molar-refractivity contribution is 0.144. The summed E-state index contributed by atoms with van der Waals surface area (Å²) in [5.74, 6) is 0.478. The van der Waals surface area contributed by atoms with Gasteiger partial charge in [-0.25, -0.2) is 0 Å². The van der Waals surface area contributed by atoms with E-state index in [4.69, 9.17) is 10.5 Å². The van der Waals surface area contributed by atoms with Crippen LogP contribution in [0.5, 0.6) is 6.01 Å². The standard InChI is InChI=1S/C12H21N5O2/c1-2-19-12-16-10(13)15-11(17-12)14-8-6-4-3-5-7-9(8)18/h8-9,18H,2-7H2,1H3,(H3,13,14,15,16,17). The second-order valence-electron chi connectivity index (χ2n) is 4.69. The molecule has 7 nitrogen and oxygen atoms in total. The first-order valence-corrected chi connectivity index (χ1v) is 6.78. The van der Waals surface area contributed by atoms with Crippen LogP contribution in [0.3, 0.4) is 0 Å². The molecule has 19 heavy (non-hydrogen) atoms. The molecule has 1 aromatic heterocycles. The van der Waals surface area contributed by atoms with E-state index in [1.807, 2.05) is 6.92 Å². The molecule has 0 aromatic carbocycles. The fraction of sp³-hybridized carbons (Fsp3) is 0.750. The van der Waals surface area contributed by atoms with E-state index in [1.165, 1.54) is 0 Å². The zero-order valence-electron chi connectivity index (χ0n) is 11.2. The highest BCUT2D eigenvalue weighted by atomic mass is 16.5. The van der Waals surface area contributed by atoms with Gasteiger partial charge in [0.2, 0.25) is 11.9 Å². The van der Waals surface area contributed by atoms with Gasteiger partial charge in [0.15, 0.2) is 0 Å². The van der Waals surface area contributed by atoms with Crippen molar-refractivity contribution in [3.8, 4) is 6.01 Å². The zero-order chi connectivity index (χ0) is 13.7. The molecule has 1 heterocycles. The SMILES string of the molecule is CCOc1nc(N)nc(NC2CCCCCC2O)n1. The predicted molar refractivity (Wildman–Crippen MR) is 71.9 cm³/mol. The number of aliphatic hydroxyl groups excluding tert-OH is 1. The summed E-state index contributed by atoms with van der Waals surface area (Å²) in [6.45, 7) is 2.32. The molecular formula is C12H21N5O2. The quantitative estimate of drug-likeness (QED) is 0.697. The van der Waals surface area contributed by atoms with Gasteiger partial charge in [0.1, 0.15) is 0 Å². The lowest BCUT2D eigenvalue weighted by atomic mass is 10.1. The van der Waals surface area contributed by atoms with Crippen LogP contribution in [0, 0.1) is 0 Å². The van der Waals surface area contributed by atoms with E-state index in [1.54, 1.807) is 0 Å². The second-order valence-corrected chi connectivity index (χ2v) is 4.69. The highest BCUT2D eigenvalue weighted by molar-refractivity contribution is 5.34. The van der Waals surface area contributed by atoms with Gasteiger partial charge in [-0.2, -0.15) is 15.0 Å². The van der Waals surface area contributed by atoms with E-state index in [-0.39, 0.29) is 24.1 Å². The van der Waals surface area contributed by atoms with Crippen LogP contribution in [-0.2, 0) is 0 Å². The molecule has 0 bridgehead atoms. The minimum absolute atomic E-state index is 0.0428. The van der Waals surface area contributed by atoms with Gasteiger partial charge in [0.25, 0.3) is 0 Å². The number of hydrogen-bond donors (Lipinski definition) is 3. The number of hydrogen-bond acceptors (Lipinski definition) is 7. The van der Waals surface area contributed by atoms with Crippen molar-refractivity contribution in [2.75, 3.05) is 17.7 Å². The highest BCUT2D eigenvalue weighted by Gasteiger charge is 2.22. The molecule has 2 unspecified atom stereocenters. The molecule has 1 saturated carbocycles. The molecule has 2 atom stereocenters. The van der Waals surface area contributed by atoms with Crippen LogP contribution in [0.15, 0.2) is 0 Å². The van der Waals surface area contributed by atoms with Gasteiger partial charge < -0.3 is 20.9 Å². The van der Waals surface area contributed by atoms with E-state index in [0.29, 0.717) is 12.6 Å². The van der Waals surface area contributed by atoms with E-state index >= 15 is 0 Å². The van der Waals surface area contributed by atoms with Gasteiger partial charge in [-0.3, -0.25) is 0 Å². The van der Waals surface area contributed by atoms with E-state index in [0.717, 1.165) is 32.1 Å². The Morgan fingerprint density at radius 3 is 2.84 bits per heavy atom. The number of nitrogens with two attached hydrogens (primary N) is 1. The minimum Gasteiger partial charge on any atom is -0.464 e. The Labute approximate surface area is 112 Å². The number of aliphatic hydroxyl groups is 1. The van der Waals surface area contributed by atoms with Crippen molar-refractivity contribution < 1.29 is 9.84 Å². The lowest BCUT2D eigenvalue weighted by Gasteiger charge is -2.21. The summed E-state index contributed by atoms with van der Waals surface area (Å²) in [5.41, 5.74) is 5.62. The third-order valence-electron chi connectivity index (χ3n) is 3.20. The number of nitrogen functional groups attached to an aromatic ring is 1. The molecule has 0 spiro atoms. The number of rotatable bonds is 4. The molecule has 1 fully saturated rings. The van der Waals surface area contributed by atoms with Gasteiger partial charge >= 0.3 is 6.01 Å². The van der Waals surface area contributed by atoms with E-state index in [2.05, 4.69) is 20.3 Å². The van der Waals surface area contributed by atoms with Crippen molar-refractivity contribution in [1.82, 2.24) is 15.0 Å². The maximum absolute atomic E-state index is 10.1. The summed E-state index contributed by atoms with van der Waals surface area (Å²) < 4.78 is 5.22. The zero-order valence-corrected chi connectivity index (χ0v) is 11.2. The Morgan fingerprint density at radius 1 is 1.26 bits per heavy atom. The predicted octanol–water partition coefficient (Wildman–Crippen LogP) is 0.958. The van der Waals surface area contributed by atoms with Gasteiger partial charge in [-0.1, -0.05) is 19.3 Å². The van der Waals surface area contributed by atoms with Crippen LogP contribution in [-0.4, -0.2) is 38.8 Å². The van der Waals surface area contributed by atoms with Gasteiger partial charge in [0, 0.05) is 0 Å². The molecule has 7 heteroatoms. The number of aromatic nitrogens is 3. The minimum atomic E-state index is -0.379. The topological polar surface area (TPSA) is 106 Å². The normalized spacial score (nSPS) is 23.7. The van der Waals surface area contributed by atoms with E-state index < -0.39 is 0 Å². The third kappa shape index (κ3) is 3.92. The summed E-state index contributed by atoms with van der Waals surface area (Å²) >= 11 is 0. The number of ether oxygens (including phenoxy) is 1. The van der Waals surface area contributed by atoms with Crippen LogP contribution in [0.25, 0.3) is 0 Å². The van der Waals surface area contributed by atoms with Crippen molar-refractivity contribution in [2.45, 2.75) is 51.2 Å². The Hall–Kier alpha value is -1.63. The Bertz CT molecular complexity index is 415. The van der Waals surface area contributed by atoms with Gasteiger partial charge in [-0.05, 0) is 19.8 Å². The summed E-state index contributed by atoms with van der Waals surface area (Å²) in [7, 11) is 0. The molecule has 106 valence electrons. The fourth-order valence-corrected chi connectivity index (χ4v) is 2.25. The first-order valence-electron chi connectivity index (χ1n) is 6.78. The van der Waals surface area contributed by atoms with Crippen LogP contribution in [0.4, 0.5) is 11.9 Å². The maximum atomic E-state index is 10.1.